The largest absolute Gasteiger partial charge is 0.395 e. The fourth-order valence-electron chi connectivity index (χ4n) is 3.82. The van der Waals surface area contributed by atoms with Gasteiger partial charge in [-0.15, -0.1) is 5.10 Å². The monoisotopic (exact) mass is 393 g/mol. The molecular formula is C21H23N5O3. The minimum absolute atomic E-state index is 0.0736. The number of carbonyl (C=O) groups is 1. The van der Waals surface area contributed by atoms with E-state index in [0.717, 1.165) is 25.1 Å². The van der Waals surface area contributed by atoms with E-state index in [4.69, 9.17) is 5.21 Å². The van der Waals surface area contributed by atoms with Gasteiger partial charge in [0.2, 0.25) is 0 Å². The zero-order valence-electron chi connectivity index (χ0n) is 15.8. The standard InChI is InChI=1S/C21H23N5O3/c27-14-19-10-18(12-25(19)11-15-5-2-1-3-6-15)26-13-20(22-24-26)16-7-4-8-17(9-16)21(28)23-29/h1-9,13,18-19,27,29H,10-12,14H2,(H,23,28)/t18-,19-/m0/s1. The number of benzene rings is 2. The Balaban J connectivity index is 1.50. The number of aliphatic hydroxyl groups excluding tert-OH is 1. The smallest absolute Gasteiger partial charge is 0.274 e. The Hall–Kier alpha value is -3.07. The molecule has 1 amide bonds. The summed E-state index contributed by atoms with van der Waals surface area (Å²) in [6.07, 6.45) is 2.65. The third-order valence-electron chi connectivity index (χ3n) is 5.35. The lowest BCUT2D eigenvalue weighted by molar-refractivity contribution is 0.0706. The number of aromatic nitrogens is 3. The first-order valence-electron chi connectivity index (χ1n) is 9.53. The molecule has 1 saturated heterocycles. The lowest BCUT2D eigenvalue weighted by Gasteiger charge is -2.22. The number of nitrogens with zero attached hydrogens (tertiary/aromatic N) is 4. The van der Waals surface area contributed by atoms with Crippen molar-refractivity contribution < 1.29 is 15.1 Å². The first-order valence-corrected chi connectivity index (χ1v) is 9.53. The molecule has 150 valence electrons. The second-order valence-electron chi connectivity index (χ2n) is 7.25. The van der Waals surface area contributed by atoms with Gasteiger partial charge < -0.3 is 5.11 Å². The predicted molar refractivity (Wildman–Crippen MR) is 106 cm³/mol. The van der Waals surface area contributed by atoms with Crippen molar-refractivity contribution in [2.45, 2.75) is 25.0 Å². The minimum Gasteiger partial charge on any atom is -0.395 e. The van der Waals surface area contributed by atoms with Crippen molar-refractivity contribution in [3.63, 3.8) is 0 Å². The summed E-state index contributed by atoms with van der Waals surface area (Å²) >= 11 is 0. The molecule has 4 rings (SSSR count). The molecule has 0 bridgehead atoms. The molecule has 1 aliphatic heterocycles. The topological polar surface area (TPSA) is 104 Å². The van der Waals surface area contributed by atoms with E-state index in [1.54, 1.807) is 23.7 Å². The predicted octanol–water partition coefficient (Wildman–Crippen LogP) is 1.87. The number of carbonyl (C=O) groups excluding carboxylic acids is 1. The van der Waals surface area contributed by atoms with Gasteiger partial charge in [-0.2, -0.15) is 0 Å². The van der Waals surface area contributed by atoms with E-state index in [1.807, 2.05) is 35.1 Å². The molecule has 1 aromatic heterocycles. The van der Waals surface area contributed by atoms with Crippen molar-refractivity contribution in [3.05, 3.63) is 71.9 Å². The van der Waals surface area contributed by atoms with Gasteiger partial charge in [-0.25, -0.2) is 10.2 Å². The van der Waals surface area contributed by atoms with Crippen LogP contribution in [0.4, 0.5) is 0 Å². The molecule has 8 nitrogen and oxygen atoms in total. The molecule has 0 unspecified atom stereocenters. The Morgan fingerprint density at radius 1 is 1.17 bits per heavy atom. The normalized spacial score (nSPS) is 19.4. The number of rotatable bonds is 6. The Morgan fingerprint density at radius 2 is 2.00 bits per heavy atom. The second-order valence-corrected chi connectivity index (χ2v) is 7.25. The van der Waals surface area contributed by atoms with E-state index in [-0.39, 0.29) is 18.7 Å². The van der Waals surface area contributed by atoms with Gasteiger partial charge in [-0.1, -0.05) is 47.7 Å². The van der Waals surface area contributed by atoms with Crippen LogP contribution in [0.25, 0.3) is 11.3 Å². The molecule has 0 aliphatic carbocycles. The maximum Gasteiger partial charge on any atom is 0.274 e. The fraction of sp³-hybridized carbons (Fsp3) is 0.286. The zero-order chi connectivity index (χ0) is 20.2. The summed E-state index contributed by atoms with van der Waals surface area (Å²) in [7, 11) is 0. The van der Waals surface area contributed by atoms with Crippen molar-refractivity contribution in [2.75, 3.05) is 13.2 Å². The van der Waals surface area contributed by atoms with E-state index in [1.165, 1.54) is 5.56 Å². The lowest BCUT2D eigenvalue weighted by atomic mass is 10.1. The van der Waals surface area contributed by atoms with Crippen LogP contribution in [-0.4, -0.2) is 55.3 Å². The molecule has 2 heterocycles. The highest BCUT2D eigenvalue weighted by atomic mass is 16.5. The van der Waals surface area contributed by atoms with Gasteiger partial charge in [0.1, 0.15) is 5.69 Å². The Morgan fingerprint density at radius 3 is 2.76 bits per heavy atom. The van der Waals surface area contributed by atoms with Crippen LogP contribution in [0.5, 0.6) is 0 Å². The Bertz CT molecular complexity index is 975. The third kappa shape index (κ3) is 4.19. The minimum atomic E-state index is -0.572. The lowest BCUT2D eigenvalue weighted by Crippen LogP contribution is -2.31. The maximum absolute atomic E-state index is 11.6. The van der Waals surface area contributed by atoms with Crippen LogP contribution in [0, 0.1) is 0 Å². The third-order valence-corrected chi connectivity index (χ3v) is 5.35. The van der Waals surface area contributed by atoms with E-state index >= 15 is 0 Å². The van der Waals surface area contributed by atoms with Crippen molar-refractivity contribution >= 4 is 5.91 Å². The quantitative estimate of drug-likeness (QED) is 0.436. The van der Waals surface area contributed by atoms with E-state index in [0.29, 0.717) is 11.3 Å². The van der Waals surface area contributed by atoms with Gasteiger partial charge >= 0.3 is 0 Å². The number of aliphatic hydroxyl groups is 1. The number of hydrogen-bond donors (Lipinski definition) is 3. The molecule has 29 heavy (non-hydrogen) atoms. The molecule has 1 fully saturated rings. The maximum atomic E-state index is 11.6. The highest BCUT2D eigenvalue weighted by molar-refractivity contribution is 5.94. The van der Waals surface area contributed by atoms with Crippen molar-refractivity contribution in [1.82, 2.24) is 25.4 Å². The van der Waals surface area contributed by atoms with Crippen LogP contribution in [0.15, 0.2) is 60.8 Å². The Labute approximate surface area is 168 Å². The van der Waals surface area contributed by atoms with Crippen molar-refractivity contribution in [2.24, 2.45) is 0 Å². The van der Waals surface area contributed by atoms with Gasteiger partial charge in [-0.3, -0.25) is 14.9 Å². The first kappa shape index (κ1) is 19.3. The zero-order valence-corrected chi connectivity index (χ0v) is 15.8. The fourth-order valence-corrected chi connectivity index (χ4v) is 3.82. The number of hydroxylamine groups is 1. The molecule has 0 radical (unpaired) electrons. The summed E-state index contributed by atoms with van der Waals surface area (Å²) in [5, 5.41) is 27.2. The number of likely N-dealkylation sites (tertiary alicyclic amines) is 1. The van der Waals surface area contributed by atoms with Crippen LogP contribution in [0.2, 0.25) is 0 Å². The Kier molecular flexibility index (Phi) is 5.66. The van der Waals surface area contributed by atoms with Crippen LogP contribution < -0.4 is 5.48 Å². The number of hydrogen-bond acceptors (Lipinski definition) is 6. The van der Waals surface area contributed by atoms with E-state index < -0.39 is 5.91 Å². The molecule has 2 atom stereocenters. The van der Waals surface area contributed by atoms with Gasteiger partial charge in [0, 0.05) is 30.3 Å². The molecular weight excluding hydrogens is 370 g/mol. The molecule has 3 aromatic rings. The van der Waals surface area contributed by atoms with Crippen molar-refractivity contribution in [3.8, 4) is 11.3 Å². The summed E-state index contributed by atoms with van der Waals surface area (Å²) in [6.45, 7) is 1.65. The van der Waals surface area contributed by atoms with E-state index in [2.05, 4.69) is 27.3 Å². The second kappa shape index (κ2) is 8.52. The van der Waals surface area contributed by atoms with Crippen LogP contribution in [0.3, 0.4) is 0 Å². The molecule has 0 saturated carbocycles. The first-order chi connectivity index (χ1) is 14.2. The molecule has 0 spiro atoms. The highest BCUT2D eigenvalue weighted by Gasteiger charge is 2.33. The van der Waals surface area contributed by atoms with Crippen molar-refractivity contribution in [1.29, 1.82) is 0 Å². The summed E-state index contributed by atoms with van der Waals surface area (Å²) < 4.78 is 1.84. The molecule has 1 aliphatic rings. The number of amides is 1. The van der Waals surface area contributed by atoms with Gasteiger partial charge in [0.25, 0.3) is 5.91 Å². The van der Waals surface area contributed by atoms with Crippen LogP contribution in [0.1, 0.15) is 28.4 Å². The summed E-state index contributed by atoms with van der Waals surface area (Å²) in [5.74, 6) is -0.572. The number of nitrogens with one attached hydrogen (secondary N) is 1. The summed E-state index contributed by atoms with van der Waals surface area (Å²) in [4.78, 5) is 13.9. The molecule has 8 heteroatoms. The average Bonchev–Trinajstić information content (AvgIpc) is 3.41. The highest BCUT2D eigenvalue weighted by Crippen LogP contribution is 2.29. The summed E-state index contributed by atoms with van der Waals surface area (Å²) in [6, 6.07) is 17.2. The van der Waals surface area contributed by atoms with Gasteiger partial charge in [0.15, 0.2) is 0 Å². The molecule has 2 aromatic carbocycles. The van der Waals surface area contributed by atoms with Gasteiger partial charge in [-0.05, 0) is 24.1 Å². The average molecular weight is 393 g/mol. The summed E-state index contributed by atoms with van der Waals surface area (Å²) in [5.41, 5.74) is 4.59. The molecule has 3 N–H and O–H groups in total. The van der Waals surface area contributed by atoms with Crippen LogP contribution in [-0.2, 0) is 6.54 Å². The van der Waals surface area contributed by atoms with Gasteiger partial charge in [0.05, 0.1) is 18.8 Å². The van der Waals surface area contributed by atoms with E-state index in [9.17, 15) is 9.90 Å². The SMILES string of the molecule is O=C(NO)c1cccc(-c2cn([C@H]3C[C@@H](CO)N(Cc4ccccc4)C3)nn2)c1. The van der Waals surface area contributed by atoms with Crippen LogP contribution >= 0.6 is 0 Å².